The van der Waals surface area contributed by atoms with Crippen molar-refractivity contribution in [1.82, 2.24) is 35.5 Å². The number of H-pyrrole nitrogens is 2. The van der Waals surface area contributed by atoms with Crippen molar-refractivity contribution in [1.29, 1.82) is 0 Å². The van der Waals surface area contributed by atoms with Gasteiger partial charge in [-0.1, -0.05) is 41.3 Å². The van der Waals surface area contributed by atoms with Gasteiger partial charge in [0.15, 0.2) is 5.82 Å². The Morgan fingerprint density at radius 3 is 2.97 bits per heavy atom. The Hall–Kier alpha value is -3.37. The highest BCUT2D eigenvalue weighted by Crippen LogP contribution is 2.33. The second-order valence-corrected chi connectivity index (χ2v) is 9.02. The summed E-state index contributed by atoms with van der Waals surface area (Å²) in [5, 5.41) is 15.0. The molecule has 4 heterocycles. The summed E-state index contributed by atoms with van der Waals surface area (Å²) in [4.78, 5) is 23.1. The number of aromatic amines is 2. The number of hydrogen-bond acceptors (Lipinski definition) is 7. The molecule has 5 rings (SSSR count). The van der Waals surface area contributed by atoms with Crippen LogP contribution in [0.25, 0.3) is 28.2 Å². The number of carbonyl (C=O) groups excluding carboxylic acids is 1. The Bertz CT molecular complexity index is 1310. The van der Waals surface area contributed by atoms with Crippen molar-refractivity contribution in [3.05, 3.63) is 65.1 Å². The lowest BCUT2D eigenvalue weighted by atomic mass is 10.1. The number of carbonyl (C=O) groups is 1. The van der Waals surface area contributed by atoms with Gasteiger partial charge >= 0.3 is 0 Å². The molecular weight excluding hydrogens is 442 g/mol. The van der Waals surface area contributed by atoms with E-state index in [4.69, 9.17) is 17.2 Å². The van der Waals surface area contributed by atoms with E-state index in [1.807, 2.05) is 48.7 Å². The normalized spacial score (nSPS) is 15.4. The topological polar surface area (TPSA) is 103 Å². The van der Waals surface area contributed by atoms with Gasteiger partial charge in [0.2, 0.25) is 0 Å². The molecule has 1 aromatic carbocycles. The van der Waals surface area contributed by atoms with Gasteiger partial charge in [-0.25, -0.2) is 4.98 Å². The molecule has 1 fully saturated rings. The zero-order valence-corrected chi connectivity index (χ0v) is 18.6. The van der Waals surface area contributed by atoms with E-state index in [9.17, 15) is 4.79 Å². The van der Waals surface area contributed by atoms with Crippen LogP contribution in [0.3, 0.4) is 0 Å². The van der Waals surface area contributed by atoms with Gasteiger partial charge in [0.1, 0.15) is 4.32 Å². The Kier molecular flexibility index (Phi) is 5.78. The average Bonchev–Trinajstić information content (AvgIpc) is 3.54. The van der Waals surface area contributed by atoms with E-state index >= 15 is 0 Å². The fourth-order valence-corrected chi connectivity index (χ4v) is 4.87. The molecule has 1 aliphatic heterocycles. The van der Waals surface area contributed by atoms with E-state index in [1.165, 1.54) is 11.8 Å². The van der Waals surface area contributed by atoms with Crippen LogP contribution < -0.4 is 0 Å². The van der Waals surface area contributed by atoms with Crippen molar-refractivity contribution in [3.8, 4) is 11.3 Å². The van der Waals surface area contributed by atoms with Crippen LogP contribution in [0.2, 0.25) is 0 Å². The third-order valence-electron chi connectivity index (χ3n) is 5.19. The van der Waals surface area contributed by atoms with Gasteiger partial charge < -0.3 is 4.98 Å². The molecule has 1 amide bonds. The number of hydrogen-bond donors (Lipinski definition) is 2. The number of thioether (sulfide) groups is 1. The number of thiocarbonyl (C=S) groups is 1. The summed E-state index contributed by atoms with van der Waals surface area (Å²) in [5.74, 6) is 0.609. The van der Waals surface area contributed by atoms with Gasteiger partial charge in [0.25, 0.3) is 5.91 Å². The zero-order chi connectivity index (χ0) is 21.9. The number of aryl methyl sites for hydroxylation is 1. The van der Waals surface area contributed by atoms with Gasteiger partial charge in [-0.2, -0.15) is 5.21 Å². The van der Waals surface area contributed by atoms with Crippen molar-refractivity contribution in [2.45, 2.75) is 19.3 Å². The molecule has 0 radical (unpaired) electrons. The third-order valence-corrected chi connectivity index (χ3v) is 6.57. The van der Waals surface area contributed by atoms with Gasteiger partial charge in [0, 0.05) is 35.6 Å². The molecular formula is C22H19N7OS2. The minimum Gasteiger partial charge on any atom is -0.361 e. The van der Waals surface area contributed by atoms with Crippen molar-refractivity contribution in [3.63, 3.8) is 0 Å². The first-order valence-corrected chi connectivity index (χ1v) is 11.4. The Balaban J connectivity index is 1.27. The number of rotatable bonds is 7. The minimum absolute atomic E-state index is 0.0690. The molecule has 32 heavy (non-hydrogen) atoms. The fraction of sp³-hybridized carbons (Fsp3) is 0.182. The van der Waals surface area contributed by atoms with E-state index in [2.05, 4.69) is 31.7 Å². The summed E-state index contributed by atoms with van der Waals surface area (Å²) in [6.07, 6.45) is 6.11. The quantitative estimate of drug-likeness (QED) is 0.244. The van der Waals surface area contributed by atoms with Crippen molar-refractivity contribution < 1.29 is 4.79 Å². The summed E-state index contributed by atoms with van der Waals surface area (Å²) >= 11 is 6.77. The van der Waals surface area contributed by atoms with Gasteiger partial charge in [-0.15, -0.1) is 10.2 Å². The second kappa shape index (κ2) is 9.01. The standard InChI is InChI=1S/C22H19N7OS2/c30-21-19(32-22(31)29(21)11-2-1-6-20-25-27-28-26-20)13-16-4-3-5-18(24-16)14-7-8-17-15(12-14)9-10-23-17/h3-5,7-10,12-13,23H,1-2,6,11H2,(H,25,26,27,28)/b19-13-. The second-order valence-electron chi connectivity index (χ2n) is 7.35. The predicted octanol–water partition coefficient (Wildman–Crippen LogP) is 3.97. The van der Waals surface area contributed by atoms with Crippen LogP contribution in [-0.2, 0) is 11.2 Å². The number of nitrogens with one attached hydrogen (secondary N) is 2. The minimum atomic E-state index is -0.0690. The van der Waals surface area contributed by atoms with Gasteiger partial charge in [-0.05, 0) is 49.2 Å². The maximum atomic E-state index is 12.9. The summed E-state index contributed by atoms with van der Waals surface area (Å²) in [6, 6.07) is 14.0. The summed E-state index contributed by atoms with van der Waals surface area (Å²) < 4.78 is 0.579. The van der Waals surface area contributed by atoms with Crippen molar-refractivity contribution >= 4 is 51.2 Å². The number of pyridine rings is 1. The van der Waals surface area contributed by atoms with Gasteiger partial charge in [-0.3, -0.25) is 9.69 Å². The molecule has 8 nitrogen and oxygen atoms in total. The lowest BCUT2D eigenvalue weighted by Crippen LogP contribution is -2.29. The molecule has 0 aliphatic carbocycles. The number of benzene rings is 1. The molecule has 0 atom stereocenters. The van der Waals surface area contributed by atoms with E-state index in [1.54, 1.807) is 4.90 Å². The molecule has 10 heteroatoms. The van der Waals surface area contributed by atoms with E-state index in [0.29, 0.717) is 28.0 Å². The number of tetrazole rings is 1. The van der Waals surface area contributed by atoms with Crippen LogP contribution in [0.4, 0.5) is 0 Å². The van der Waals surface area contributed by atoms with Crippen molar-refractivity contribution in [2.75, 3.05) is 6.54 Å². The van der Waals surface area contributed by atoms with Gasteiger partial charge in [0.05, 0.1) is 16.3 Å². The molecule has 0 bridgehead atoms. The lowest BCUT2D eigenvalue weighted by molar-refractivity contribution is -0.122. The predicted molar refractivity (Wildman–Crippen MR) is 129 cm³/mol. The first kappa shape index (κ1) is 20.5. The third kappa shape index (κ3) is 4.32. The van der Waals surface area contributed by atoms with Crippen LogP contribution in [0.5, 0.6) is 0 Å². The van der Waals surface area contributed by atoms with Crippen LogP contribution in [0, 0.1) is 0 Å². The van der Waals surface area contributed by atoms with Crippen LogP contribution in [0.15, 0.2) is 53.6 Å². The Labute approximate surface area is 193 Å². The molecule has 1 aliphatic rings. The van der Waals surface area contributed by atoms with Crippen LogP contribution in [-0.4, -0.2) is 52.3 Å². The highest BCUT2D eigenvalue weighted by atomic mass is 32.2. The fourth-order valence-electron chi connectivity index (χ4n) is 3.57. The maximum Gasteiger partial charge on any atom is 0.266 e. The summed E-state index contributed by atoms with van der Waals surface area (Å²) in [5.41, 5.74) is 3.71. The van der Waals surface area contributed by atoms with Crippen LogP contribution >= 0.6 is 24.0 Å². The molecule has 0 spiro atoms. The molecule has 0 saturated carbocycles. The lowest BCUT2D eigenvalue weighted by Gasteiger charge is -2.13. The summed E-state index contributed by atoms with van der Waals surface area (Å²) in [7, 11) is 0. The smallest absolute Gasteiger partial charge is 0.266 e. The van der Waals surface area contributed by atoms with E-state index < -0.39 is 0 Å². The first-order valence-electron chi connectivity index (χ1n) is 10.2. The number of unbranched alkanes of at least 4 members (excludes halogenated alkanes) is 1. The maximum absolute atomic E-state index is 12.9. The van der Waals surface area contributed by atoms with Crippen molar-refractivity contribution in [2.24, 2.45) is 0 Å². The highest BCUT2D eigenvalue weighted by molar-refractivity contribution is 8.26. The average molecular weight is 462 g/mol. The number of amides is 1. The molecule has 1 saturated heterocycles. The zero-order valence-electron chi connectivity index (χ0n) is 17.0. The first-order chi connectivity index (χ1) is 15.7. The molecule has 160 valence electrons. The Morgan fingerprint density at radius 1 is 1.16 bits per heavy atom. The number of nitrogens with zero attached hydrogens (tertiary/aromatic N) is 5. The molecule has 0 unspecified atom stereocenters. The molecule has 4 aromatic rings. The Morgan fingerprint density at radius 2 is 2.09 bits per heavy atom. The molecule has 2 N–H and O–H groups in total. The van der Waals surface area contributed by atoms with Crippen LogP contribution in [0.1, 0.15) is 24.4 Å². The highest BCUT2D eigenvalue weighted by Gasteiger charge is 2.31. The largest absolute Gasteiger partial charge is 0.361 e. The molecule has 3 aromatic heterocycles. The number of fused-ring (bicyclic) bond motifs is 1. The van der Waals surface area contributed by atoms with E-state index in [-0.39, 0.29) is 5.91 Å². The SMILES string of the molecule is O=C1/C(=C/c2cccc(-c3ccc4[nH]ccc4c3)n2)SC(=S)N1CCCCc1nn[nH]n1. The monoisotopic (exact) mass is 461 g/mol. The number of aromatic nitrogens is 6. The summed E-state index contributed by atoms with van der Waals surface area (Å²) in [6.45, 7) is 0.573. The van der Waals surface area contributed by atoms with E-state index in [0.717, 1.165) is 40.7 Å².